The fourth-order valence-corrected chi connectivity index (χ4v) is 4.83. The maximum atomic E-state index is 12.9. The van der Waals surface area contributed by atoms with Crippen LogP contribution in [0, 0.1) is 5.92 Å². The Morgan fingerprint density at radius 2 is 0.938 bits per heavy atom. The van der Waals surface area contributed by atoms with E-state index in [-0.39, 0.29) is 19.6 Å². The Hall–Kier alpha value is -5.89. The van der Waals surface area contributed by atoms with Gasteiger partial charge < -0.3 is 39.4 Å². The van der Waals surface area contributed by atoms with Crippen molar-refractivity contribution in [1.29, 1.82) is 0 Å². The van der Waals surface area contributed by atoms with Crippen LogP contribution in [0.4, 0.5) is 35.9 Å². The number of alkyl carbamates (subject to hydrolysis) is 2. The average Bonchev–Trinajstić information content (AvgIpc) is 3.16. The molecule has 360 valence electrons. The average molecular weight is 951 g/mol. The second-order valence-electron chi connectivity index (χ2n) is 16.4. The third-order valence-electron chi connectivity index (χ3n) is 7.47. The molecule has 21 heteroatoms. The molecule has 3 aromatic carbocycles. The molecule has 3 N–H and O–H groups in total. The van der Waals surface area contributed by atoms with Crippen LogP contribution < -0.4 is 15.4 Å². The van der Waals surface area contributed by atoms with Crippen molar-refractivity contribution in [2.24, 2.45) is 5.92 Å². The Morgan fingerprint density at radius 3 is 1.28 bits per heavy atom. The van der Waals surface area contributed by atoms with Gasteiger partial charge in [0.2, 0.25) is 0 Å². The van der Waals surface area contributed by atoms with Crippen LogP contribution >= 0.6 is 11.6 Å². The van der Waals surface area contributed by atoms with Crippen molar-refractivity contribution in [3.63, 3.8) is 0 Å². The Labute approximate surface area is 377 Å². The minimum absolute atomic E-state index is 0.0162. The number of hydrogen-bond donors (Lipinski definition) is 3. The van der Waals surface area contributed by atoms with Crippen molar-refractivity contribution in [2.75, 3.05) is 0 Å². The molecule has 3 aromatic rings. The number of rotatable bonds is 14. The first-order valence-corrected chi connectivity index (χ1v) is 19.9. The number of nitrogens with one attached hydrogen (secondary N) is 2. The number of carbonyl (C=O) groups is 6. The van der Waals surface area contributed by atoms with Crippen LogP contribution in [0.25, 0.3) is 0 Å². The molecule has 0 aromatic heterocycles. The van der Waals surface area contributed by atoms with E-state index in [1.165, 1.54) is 20.8 Å². The molecule has 0 aliphatic rings. The summed E-state index contributed by atoms with van der Waals surface area (Å²) in [5.74, 6) is -6.64. The van der Waals surface area contributed by atoms with Crippen LogP contribution in [0.5, 0.6) is 5.75 Å². The molecule has 0 saturated carbocycles. The van der Waals surface area contributed by atoms with Gasteiger partial charge in [0.25, 0.3) is 0 Å². The largest absolute Gasteiger partial charge is 0.458 e. The molecule has 0 heterocycles. The van der Waals surface area contributed by atoms with Crippen LogP contribution in [0.2, 0.25) is 0 Å². The van der Waals surface area contributed by atoms with Crippen molar-refractivity contribution < 1.29 is 83.9 Å². The van der Waals surface area contributed by atoms with E-state index in [4.69, 9.17) is 30.5 Å². The zero-order chi connectivity index (χ0) is 49.8. The molecule has 14 nitrogen and oxygen atoms in total. The standard InChI is InChI=1S/C18H21F6NO4.C18H27NO5.C8H5ClO3/c1-16(2,3)29-14(26)12(9-13(17(19,20)21)18(22,23)24)25-15(27)28-10-11-7-5-4-6-8-11;1-17(2,3)24-15(20)14(11-18(4,5)22)19-16(21)23-12-13-9-7-6-8-10-13;9-7(10)8(11)12-6-4-2-1-3-5-6/h4-8,12-13H,9-10H2,1-3H3,(H,25,27);6-10,14,22H,11-12H2,1-5H3,(H,19,21);1-5H/t12-;14-;/m00./s1. The SMILES string of the molecule is CC(C)(C)OC(=O)[C@H](CC(C(F)(F)F)C(F)(F)F)NC(=O)OCc1ccccc1.CC(C)(O)C[C@H](NC(=O)OCc1ccccc1)C(=O)OC(C)(C)C.O=C(Cl)C(=O)Oc1ccccc1. The van der Waals surface area contributed by atoms with Gasteiger partial charge in [0.1, 0.15) is 42.2 Å². The minimum atomic E-state index is -5.67. The van der Waals surface area contributed by atoms with Gasteiger partial charge in [-0.05, 0) is 96.7 Å². The molecular weight excluding hydrogens is 898 g/mol. The van der Waals surface area contributed by atoms with Gasteiger partial charge in [-0.1, -0.05) is 78.9 Å². The summed E-state index contributed by atoms with van der Waals surface area (Å²) in [5.41, 5.74) is -1.67. The van der Waals surface area contributed by atoms with E-state index in [0.29, 0.717) is 11.3 Å². The molecule has 0 saturated heterocycles. The highest BCUT2D eigenvalue weighted by atomic mass is 35.5. The van der Waals surface area contributed by atoms with Gasteiger partial charge in [0.05, 0.1) is 5.60 Å². The number of benzene rings is 3. The third-order valence-corrected chi connectivity index (χ3v) is 7.63. The second kappa shape index (κ2) is 25.6. The number of esters is 3. The lowest BCUT2D eigenvalue weighted by Crippen LogP contribution is -2.49. The van der Waals surface area contributed by atoms with Crippen LogP contribution in [0.1, 0.15) is 79.4 Å². The summed E-state index contributed by atoms with van der Waals surface area (Å²) < 4.78 is 102. The maximum Gasteiger partial charge on any atom is 0.408 e. The fourth-order valence-electron chi connectivity index (χ4n) is 4.79. The van der Waals surface area contributed by atoms with Gasteiger partial charge >= 0.3 is 47.7 Å². The van der Waals surface area contributed by atoms with Crippen molar-refractivity contribution in [3.05, 3.63) is 102 Å². The highest BCUT2D eigenvalue weighted by Crippen LogP contribution is 2.42. The number of alkyl halides is 6. The summed E-state index contributed by atoms with van der Waals surface area (Å²) in [6.07, 6.45) is -15.2. The van der Waals surface area contributed by atoms with Crippen LogP contribution in [-0.4, -0.2) is 81.7 Å². The topological polar surface area (TPSA) is 193 Å². The summed E-state index contributed by atoms with van der Waals surface area (Å²) in [5, 5.41) is 13.0. The highest BCUT2D eigenvalue weighted by Gasteiger charge is 2.58. The smallest absolute Gasteiger partial charge is 0.408 e. The van der Waals surface area contributed by atoms with E-state index in [1.807, 2.05) is 30.3 Å². The van der Waals surface area contributed by atoms with Crippen LogP contribution in [0.15, 0.2) is 91.0 Å². The van der Waals surface area contributed by atoms with E-state index in [1.54, 1.807) is 101 Å². The van der Waals surface area contributed by atoms with Crippen molar-refractivity contribution in [1.82, 2.24) is 10.6 Å². The molecule has 0 bridgehead atoms. The number of halogens is 7. The normalized spacial score (nSPS) is 12.6. The number of amides is 2. The van der Waals surface area contributed by atoms with Gasteiger partial charge in [-0.3, -0.25) is 4.79 Å². The molecule has 0 aliphatic heterocycles. The molecule has 3 rings (SSSR count). The summed E-state index contributed by atoms with van der Waals surface area (Å²) in [4.78, 5) is 69.1. The van der Waals surface area contributed by atoms with Crippen molar-refractivity contribution in [2.45, 2.75) is 123 Å². The lowest BCUT2D eigenvalue weighted by Gasteiger charge is -2.28. The first-order valence-electron chi connectivity index (χ1n) is 19.5. The van der Waals surface area contributed by atoms with Gasteiger partial charge in [-0.25, -0.2) is 24.0 Å². The minimum Gasteiger partial charge on any atom is -0.458 e. The maximum absolute atomic E-state index is 12.9. The Bertz CT molecular complexity index is 1950. The van der Waals surface area contributed by atoms with Gasteiger partial charge in [-0.2, -0.15) is 26.3 Å². The zero-order valence-corrected chi connectivity index (χ0v) is 37.6. The van der Waals surface area contributed by atoms with E-state index in [9.17, 15) is 60.2 Å². The number of aliphatic hydroxyl groups is 1. The van der Waals surface area contributed by atoms with Gasteiger partial charge in [-0.15, -0.1) is 0 Å². The quantitative estimate of drug-likeness (QED) is 0.0348. The van der Waals surface area contributed by atoms with Gasteiger partial charge in [0.15, 0.2) is 5.92 Å². The van der Waals surface area contributed by atoms with Crippen molar-refractivity contribution in [3.8, 4) is 5.75 Å². The molecular formula is C44H53ClF6N2O12. The number of hydrogen-bond acceptors (Lipinski definition) is 12. The molecule has 2 amide bonds. The summed E-state index contributed by atoms with van der Waals surface area (Å²) in [6.45, 7) is 12.2. The predicted octanol–water partition coefficient (Wildman–Crippen LogP) is 8.90. The summed E-state index contributed by atoms with van der Waals surface area (Å²) in [6, 6.07) is 22.4. The first kappa shape index (κ1) is 57.1. The zero-order valence-electron chi connectivity index (χ0n) is 36.8. The first-order chi connectivity index (χ1) is 29.8. The number of carbonyl (C=O) groups excluding carboxylic acids is 6. The Kier molecular flexibility index (Phi) is 22.5. The highest BCUT2D eigenvalue weighted by molar-refractivity contribution is 6.80. The van der Waals surface area contributed by atoms with Crippen LogP contribution in [0.3, 0.4) is 0 Å². The predicted molar refractivity (Wildman–Crippen MR) is 223 cm³/mol. The monoisotopic (exact) mass is 950 g/mol. The molecule has 2 atom stereocenters. The Morgan fingerprint density at radius 1 is 0.585 bits per heavy atom. The van der Waals surface area contributed by atoms with E-state index < -0.39 is 88.9 Å². The fraction of sp³-hybridized carbons (Fsp3) is 0.455. The molecule has 0 radical (unpaired) electrons. The second-order valence-corrected chi connectivity index (χ2v) is 16.8. The van der Waals surface area contributed by atoms with E-state index >= 15 is 0 Å². The molecule has 0 spiro atoms. The van der Waals surface area contributed by atoms with Crippen LogP contribution in [-0.2, 0) is 51.3 Å². The van der Waals surface area contributed by atoms with E-state index in [2.05, 4.69) is 10.1 Å². The number of para-hydroxylation sites is 1. The van der Waals surface area contributed by atoms with Crippen molar-refractivity contribution >= 4 is 46.9 Å². The van der Waals surface area contributed by atoms with E-state index in [0.717, 1.165) is 5.56 Å². The van der Waals surface area contributed by atoms with Gasteiger partial charge in [0, 0.05) is 6.42 Å². The molecule has 0 unspecified atom stereocenters. The molecule has 65 heavy (non-hydrogen) atoms. The molecule has 0 fully saturated rings. The molecule has 0 aliphatic carbocycles. The summed E-state index contributed by atoms with van der Waals surface area (Å²) >= 11 is 4.86. The number of ether oxygens (including phenoxy) is 5. The Balaban J connectivity index is 0.000000526. The summed E-state index contributed by atoms with van der Waals surface area (Å²) in [7, 11) is 0. The lowest BCUT2D eigenvalue weighted by molar-refractivity contribution is -0.286. The lowest BCUT2D eigenvalue weighted by atomic mass is 9.98. The third kappa shape index (κ3) is 26.5.